The number of hydrogen-bond donors (Lipinski definition) is 1. The lowest BCUT2D eigenvalue weighted by Crippen LogP contribution is -2.11. The molecule has 0 aliphatic heterocycles. The van der Waals surface area contributed by atoms with E-state index in [4.69, 9.17) is 14.7 Å². The fourth-order valence-corrected chi connectivity index (χ4v) is 3.66. The Kier molecular flexibility index (Phi) is 10.8. The van der Waals surface area contributed by atoms with E-state index in [1.807, 2.05) is 55.5 Å². The zero-order valence-corrected chi connectivity index (χ0v) is 21.0. The molecule has 3 aromatic rings. The zero-order chi connectivity index (χ0) is 25.6. The van der Waals surface area contributed by atoms with Crippen molar-refractivity contribution in [2.45, 2.75) is 39.0 Å². The molecule has 0 fully saturated rings. The molecule has 3 aromatic carbocycles. The molecular weight excluding hydrogens is 448 g/mol. The minimum atomic E-state index is -0.167. The Labute approximate surface area is 214 Å². The highest BCUT2D eigenvalue weighted by Crippen LogP contribution is 2.22. The number of nitriles is 1. The molecule has 0 atom stereocenters. The van der Waals surface area contributed by atoms with Crippen LogP contribution in [0, 0.1) is 11.3 Å². The number of benzene rings is 3. The van der Waals surface area contributed by atoms with Crippen LogP contribution in [0.5, 0.6) is 5.75 Å². The first-order chi connectivity index (χ1) is 17.5. The van der Waals surface area contributed by atoms with Gasteiger partial charge in [-0.2, -0.15) is 5.26 Å². The summed E-state index contributed by atoms with van der Waals surface area (Å²) in [5, 5.41) is 11.9. The topological polar surface area (TPSA) is 71.3 Å². The second-order valence-electron chi connectivity index (χ2n) is 8.87. The van der Waals surface area contributed by atoms with Gasteiger partial charge in [0.1, 0.15) is 5.75 Å². The number of ether oxygens (including phenoxy) is 2. The average Bonchev–Trinajstić information content (AvgIpc) is 2.90. The monoisotopic (exact) mass is 482 g/mol. The normalized spacial score (nSPS) is 10.4. The van der Waals surface area contributed by atoms with Crippen LogP contribution in [0.1, 0.15) is 54.9 Å². The summed E-state index contributed by atoms with van der Waals surface area (Å²) in [7, 11) is 0. The van der Waals surface area contributed by atoms with Crippen molar-refractivity contribution in [1.82, 2.24) is 0 Å². The third-order valence-electron chi connectivity index (χ3n) is 5.66. The van der Waals surface area contributed by atoms with Crippen molar-refractivity contribution in [3.05, 3.63) is 96.1 Å². The number of carbonyl (C=O) groups is 1. The lowest BCUT2D eigenvalue weighted by Gasteiger charge is -2.09. The predicted molar refractivity (Wildman–Crippen MR) is 145 cm³/mol. The van der Waals surface area contributed by atoms with Gasteiger partial charge in [0.2, 0.25) is 0 Å². The number of rotatable bonds is 14. The molecule has 186 valence electrons. The largest absolute Gasteiger partial charge is 0.494 e. The fraction of sp³-hybridized carbons (Fsp3) is 0.290. The van der Waals surface area contributed by atoms with E-state index < -0.39 is 0 Å². The van der Waals surface area contributed by atoms with Crippen LogP contribution in [-0.4, -0.2) is 25.7 Å². The highest BCUT2D eigenvalue weighted by atomic mass is 16.5. The van der Waals surface area contributed by atoms with E-state index in [1.54, 1.807) is 24.3 Å². The molecular formula is C31H34N2O3. The summed E-state index contributed by atoms with van der Waals surface area (Å²) in [6.45, 7) is 7.93. The van der Waals surface area contributed by atoms with Gasteiger partial charge in [-0.25, -0.2) is 0 Å². The molecule has 5 nitrogen and oxygen atoms in total. The fourth-order valence-electron chi connectivity index (χ4n) is 3.66. The average molecular weight is 483 g/mol. The molecule has 0 aliphatic rings. The molecule has 0 aromatic heterocycles. The maximum absolute atomic E-state index is 12.6. The first-order valence-electron chi connectivity index (χ1n) is 12.4. The Balaban J connectivity index is 1.35. The second-order valence-corrected chi connectivity index (χ2v) is 8.87. The number of unbranched alkanes of at least 4 members (excludes halogenated alkanes) is 4. The van der Waals surface area contributed by atoms with Crippen molar-refractivity contribution < 1.29 is 14.3 Å². The Hall–Kier alpha value is -3.88. The Bertz CT molecular complexity index is 1140. The van der Waals surface area contributed by atoms with Gasteiger partial charge in [-0.1, -0.05) is 55.7 Å². The smallest absolute Gasteiger partial charge is 0.255 e. The maximum atomic E-state index is 12.6. The number of amides is 1. The van der Waals surface area contributed by atoms with Gasteiger partial charge in [-0.15, -0.1) is 0 Å². The van der Waals surface area contributed by atoms with E-state index in [9.17, 15) is 4.79 Å². The van der Waals surface area contributed by atoms with Crippen molar-refractivity contribution in [1.29, 1.82) is 5.26 Å². The van der Waals surface area contributed by atoms with Crippen LogP contribution in [0.2, 0.25) is 0 Å². The van der Waals surface area contributed by atoms with Crippen LogP contribution in [0.3, 0.4) is 0 Å². The molecule has 0 unspecified atom stereocenters. The van der Waals surface area contributed by atoms with Crippen LogP contribution in [0.15, 0.2) is 84.9 Å². The van der Waals surface area contributed by atoms with Gasteiger partial charge in [0, 0.05) is 17.9 Å². The highest BCUT2D eigenvalue weighted by molar-refractivity contribution is 6.04. The van der Waals surface area contributed by atoms with Crippen LogP contribution < -0.4 is 10.1 Å². The highest BCUT2D eigenvalue weighted by Gasteiger charge is 2.07. The molecule has 0 saturated heterocycles. The van der Waals surface area contributed by atoms with Gasteiger partial charge in [0.25, 0.3) is 5.91 Å². The van der Waals surface area contributed by atoms with Crippen LogP contribution in [-0.2, 0) is 4.74 Å². The summed E-state index contributed by atoms with van der Waals surface area (Å²) in [4.78, 5) is 12.6. The Morgan fingerprint density at radius 3 is 2.03 bits per heavy atom. The van der Waals surface area contributed by atoms with Gasteiger partial charge in [-0.3, -0.25) is 4.79 Å². The summed E-state index contributed by atoms with van der Waals surface area (Å²) in [6.07, 6.45) is 5.56. The lowest BCUT2D eigenvalue weighted by atomic mass is 10.0. The SMILES string of the molecule is C=C(C)COCCCCCCCOc1ccc(C(=O)Nc2ccc(-c3ccc(C#N)cc3)cc2)cc1. The third kappa shape index (κ3) is 9.05. The molecule has 1 N–H and O–H groups in total. The van der Waals surface area contributed by atoms with Crippen molar-refractivity contribution in [3.8, 4) is 22.9 Å². The first-order valence-corrected chi connectivity index (χ1v) is 12.4. The number of anilines is 1. The van der Waals surface area contributed by atoms with E-state index in [0.29, 0.717) is 24.3 Å². The van der Waals surface area contributed by atoms with Crippen LogP contribution in [0.25, 0.3) is 11.1 Å². The summed E-state index contributed by atoms with van der Waals surface area (Å²) < 4.78 is 11.3. The maximum Gasteiger partial charge on any atom is 0.255 e. The summed E-state index contributed by atoms with van der Waals surface area (Å²) in [5.41, 5.74) is 5.03. The van der Waals surface area contributed by atoms with Gasteiger partial charge in [0.05, 0.1) is 24.8 Å². The molecule has 0 spiro atoms. The Morgan fingerprint density at radius 1 is 0.833 bits per heavy atom. The van der Waals surface area contributed by atoms with Crippen LogP contribution >= 0.6 is 0 Å². The van der Waals surface area contributed by atoms with Gasteiger partial charge in [-0.05, 0) is 79.4 Å². The third-order valence-corrected chi connectivity index (χ3v) is 5.66. The minimum absolute atomic E-state index is 0.167. The molecule has 0 heterocycles. The summed E-state index contributed by atoms with van der Waals surface area (Å²) >= 11 is 0. The van der Waals surface area contributed by atoms with E-state index >= 15 is 0 Å². The van der Waals surface area contributed by atoms with Crippen molar-refractivity contribution >= 4 is 11.6 Å². The number of nitrogens with zero attached hydrogens (tertiary/aromatic N) is 1. The van der Waals surface area contributed by atoms with Crippen LogP contribution in [0.4, 0.5) is 5.69 Å². The molecule has 3 rings (SSSR count). The minimum Gasteiger partial charge on any atom is -0.494 e. The van der Waals surface area contributed by atoms with Gasteiger partial charge in [0.15, 0.2) is 0 Å². The summed E-state index contributed by atoms with van der Waals surface area (Å²) in [6, 6.07) is 24.4. The molecule has 0 saturated carbocycles. The predicted octanol–water partition coefficient (Wildman–Crippen LogP) is 7.40. The second kappa shape index (κ2) is 14.5. The van der Waals surface area contributed by atoms with Gasteiger partial charge < -0.3 is 14.8 Å². The number of nitrogens with one attached hydrogen (secondary N) is 1. The molecule has 5 heteroatoms. The summed E-state index contributed by atoms with van der Waals surface area (Å²) in [5.74, 6) is 0.603. The first kappa shape index (κ1) is 26.7. The molecule has 0 radical (unpaired) electrons. The zero-order valence-electron chi connectivity index (χ0n) is 21.0. The lowest BCUT2D eigenvalue weighted by molar-refractivity contribution is 0.102. The molecule has 1 amide bonds. The van der Waals surface area contributed by atoms with E-state index in [2.05, 4.69) is 18.0 Å². The molecule has 36 heavy (non-hydrogen) atoms. The Morgan fingerprint density at radius 2 is 1.42 bits per heavy atom. The quantitative estimate of drug-likeness (QED) is 0.192. The molecule has 0 aliphatic carbocycles. The molecule has 0 bridgehead atoms. The van der Waals surface area contributed by atoms with E-state index in [-0.39, 0.29) is 5.91 Å². The van der Waals surface area contributed by atoms with E-state index in [0.717, 1.165) is 60.4 Å². The van der Waals surface area contributed by atoms with Crippen molar-refractivity contribution in [2.75, 3.05) is 25.1 Å². The van der Waals surface area contributed by atoms with E-state index in [1.165, 1.54) is 6.42 Å². The van der Waals surface area contributed by atoms with Gasteiger partial charge >= 0.3 is 0 Å². The van der Waals surface area contributed by atoms with Crippen molar-refractivity contribution in [2.24, 2.45) is 0 Å². The number of carbonyl (C=O) groups excluding carboxylic acids is 1. The van der Waals surface area contributed by atoms with Crippen molar-refractivity contribution in [3.63, 3.8) is 0 Å². The standard InChI is InChI=1S/C31H34N2O3/c1-24(2)23-35-20-6-4-3-5-7-21-36-30-18-14-28(15-19-30)31(34)33-29-16-12-27(13-17-29)26-10-8-25(22-32)9-11-26/h8-19H,1,3-7,20-21,23H2,2H3,(H,33,34). The number of hydrogen-bond acceptors (Lipinski definition) is 4.